The largest absolute Gasteiger partial charge is 0.309 e. The summed E-state index contributed by atoms with van der Waals surface area (Å²) in [5.41, 5.74) is 15.8. The minimum Gasteiger partial charge on any atom is -0.309 e. The molecule has 302 valence electrons. The number of fused-ring (bicyclic) bond motifs is 10. The Balaban J connectivity index is 1.11. The molecule has 0 aliphatic heterocycles. The summed E-state index contributed by atoms with van der Waals surface area (Å²) in [6.45, 7) is 4.67. The molecule has 5 nitrogen and oxygen atoms in total. The first kappa shape index (κ1) is 36.4. The Labute approximate surface area is 370 Å². The Morgan fingerprint density at radius 3 is 1.72 bits per heavy atom. The molecule has 0 fully saturated rings. The van der Waals surface area contributed by atoms with Crippen LogP contribution >= 0.6 is 0 Å². The van der Waals surface area contributed by atoms with Gasteiger partial charge in [-0.1, -0.05) is 159 Å². The lowest BCUT2D eigenvalue weighted by Crippen LogP contribution is -2.17. The molecule has 3 aromatic heterocycles. The number of aromatic nitrogens is 4. The van der Waals surface area contributed by atoms with Gasteiger partial charge in [0.05, 0.1) is 33.3 Å². The Morgan fingerprint density at radius 2 is 0.984 bits per heavy atom. The third kappa shape index (κ3) is 5.31. The third-order valence-corrected chi connectivity index (χ3v) is 13.5. The highest BCUT2D eigenvalue weighted by Crippen LogP contribution is 2.54. The molecule has 0 saturated heterocycles. The van der Waals surface area contributed by atoms with E-state index in [1.54, 1.807) is 0 Å². The number of nitrogens with zero attached hydrogens (tertiary/aromatic N) is 5. The van der Waals surface area contributed by atoms with Crippen molar-refractivity contribution in [2.24, 2.45) is 0 Å². The van der Waals surface area contributed by atoms with Crippen molar-refractivity contribution in [2.45, 2.75) is 19.3 Å². The number of hydrogen-bond acceptors (Lipinski definition) is 3. The Kier molecular flexibility index (Phi) is 7.88. The number of hydrogen-bond donors (Lipinski definition) is 0. The van der Waals surface area contributed by atoms with Gasteiger partial charge in [0, 0.05) is 49.3 Å². The van der Waals surface area contributed by atoms with Crippen LogP contribution in [0.1, 0.15) is 25.0 Å². The fraction of sp³-hybridized carbons (Fsp3) is 0.0508. The van der Waals surface area contributed by atoms with E-state index in [1.165, 1.54) is 60.4 Å². The van der Waals surface area contributed by atoms with E-state index < -0.39 is 0 Å². The SMILES string of the molecule is CC1(C)c2ccccc2-c2c(N(c3ccc(-c4ccccc4)cc3)c3nc(-n4c5ccccc5c5cc6c(cc54)c4ccccc4n6-c4ccccc4)c4ccccc4n3)cccc21. The van der Waals surface area contributed by atoms with Crippen LogP contribution in [0.5, 0.6) is 0 Å². The second kappa shape index (κ2) is 13.9. The summed E-state index contributed by atoms with van der Waals surface area (Å²) in [6, 6.07) is 76.4. The highest BCUT2D eigenvalue weighted by Gasteiger charge is 2.38. The van der Waals surface area contributed by atoms with E-state index in [4.69, 9.17) is 9.97 Å². The Hall–Kier alpha value is -8.28. The van der Waals surface area contributed by atoms with Gasteiger partial charge in [0.25, 0.3) is 0 Å². The monoisotopic (exact) mass is 819 g/mol. The molecule has 1 aliphatic rings. The summed E-state index contributed by atoms with van der Waals surface area (Å²) >= 11 is 0. The molecular weight excluding hydrogens is 779 g/mol. The van der Waals surface area contributed by atoms with E-state index in [0.717, 1.165) is 50.4 Å². The summed E-state index contributed by atoms with van der Waals surface area (Å²) in [5.74, 6) is 1.43. The topological polar surface area (TPSA) is 38.9 Å². The molecule has 0 radical (unpaired) electrons. The first-order valence-electron chi connectivity index (χ1n) is 22.0. The third-order valence-electron chi connectivity index (χ3n) is 13.5. The van der Waals surface area contributed by atoms with E-state index in [9.17, 15) is 0 Å². The van der Waals surface area contributed by atoms with Crippen LogP contribution in [-0.4, -0.2) is 19.1 Å². The molecule has 64 heavy (non-hydrogen) atoms. The van der Waals surface area contributed by atoms with Crippen LogP contribution in [0.15, 0.2) is 212 Å². The molecule has 9 aromatic carbocycles. The number of benzene rings is 9. The van der Waals surface area contributed by atoms with Crippen molar-refractivity contribution in [1.82, 2.24) is 19.1 Å². The summed E-state index contributed by atoms with van der Waals surface area (Å²) < 4.78 is 4.77. The summed E-state index contributed by atoms with van der Waals surface area (Å²) in [6.07, 6.45) is 0. The lowest BCUT2D eigenvalue weighted by Gasteiger charge is -2.28. The van der Waals surface area contributed by atoms with E-state index in [-0.39, 0.29) is 5.41 Å². The zero-order chi connectivity index (χ0) is 42.5. The molecular formula is C59H41N5. The van der Waals surface area contributed by atoms with Gasteiger partial charge in [0.2, 0.25) is 5.95 Å². The van der Waals surface area contributed by atoms with Crippen LogP contribution < -0.4 is 4.90 Å². The van der Waals surface area contributed by atoms with Crippen molar-refractivity contribution >= 4 is 71.8 Å². The molecule has 5 heteroatoms. The number of anilines is 3. The van der Waals surface area contributed by atoms with Crippen LogP contribution in [0, 0.1) is 0 Å². The van der Waals surface area contributed by atoms with E-state index in [2.05, 4.69) is 240 Å². The lowest BCUT2D eigenvalue weighted by molar-refractivity contribution is 0.660. The summed E-state index contributed by atoms with van der Waals surface area (Å²) in [7, 11) is 0. The Morgan fingerprint density at radius 1 is 0.422 bits per heavy atom. The zero-order valence-corrected chi connectivity index (χ0v) is 35.4. The van der Waals surface area contributed by atoms with Crippen LogP contribution in [0.4, 0.5) is 17.3 Å². The summed E-state index contributed by atoms with van der Waals surface area (Å²) in [4.78, 5) is 13.5. The zero-order valence-electron chi connectivity index (χ0n) is 35.4. The maximum absolute atomic E-state index is 5.76. The molecule has 0 atom stereocenters. The normalized spacial score (nSPS) is 13.0. The molecule has 12 aromatic rings. The van der Waals surface area contributed by atoms with Gasteiger partial charge in [0.1, 0.15) is 0 Å². The van der Waals surface area contributed by atoms with Gasteiger partial charge in [-0.25, -0.2) is 4.98 Å². The van der Waals surface area contributed by atoms with Gasteiger partial charge in [-0.2, -0.15) is 4.98 Å². The molecule has 0 bridgehead atoms. The van der Waals surface area contributed by atoms with Gasteiger partial charge in [-0.3, -0.25) is 9.47 Å². The molecule has 13 rings (SSSR count). The van der Waals surface area contributed by atoms with Crippen molar-refractivity contribution in [1.29, 1.82) is 0 Å². The van der Waals surface area contributed by atoms with Gasteiger partial charge < -0.3 is 4.57 Å². The first-order chi connectivity index (χ1) is 31.5. The maximum Gasteiger partial charge on any atom is 0.237 e. The summed E-state index contributed by atoms with van der Waals surface area (Å²) in [5, 5.41) is 5.71. The van der Waals surface area contributed by atoms with Crippen molar-refractivity contribution in [3.8, 4) is 33.8 Å². The van der Waals surface area contributed by atoms with Gasteiger partial charge in [-0.15, -0.1) is 0 Å². The fourth-order valence-corrected chi connectivity index (χ4v) is 10.5. The fourth-order valence-electron chi connectivity index (χ4n) is 10.5. The molecule has 0 amide bonds. The average molecular weight is 820 g/mol. The minimum atomic E-state index is -0.182. The van der Waals surface area contributed by atoms with Crippen molar-refractivity contribution in [3.05, 3.63) is 223 Å². The first-order valence-corrected chi connectivity index (χ1v) is 22.0. The predicted molar refractivity (Wildman–Crippen MR) is 266 cm³/mol. The van der Waals surface area contributed by atoms with Crippen molar-refractivity contribution < 1.29 is 0 Å². The van der Waals surface area contributed by atoms with Crippen molar-refractivity contribution in [3.63, 3.8) is 0 Å². The van der Waals surface area contributed by atoms with Gasteiger partial charge in [0.15, 0.2) is 5.82 Å². The predicted octanol–water partition coefficient (Wildman–Crippen LogP) is 15.3. The molecule has 1 aliphatic carbocycles. The van der Waals surface area contributed by atoms with E-state index in [1.807, 2.05) is 0 Å². The molecule has 0 unspecified atom stereocenters. The smallest absolute Gasteiger partial charge is 0.237 e. The van der Waals surface area contributed by atoms with Crippen LogP contribution in [0.2, 0.25) is 0 Å². The number of para-hydroxylation sites is 4. The van der Waals surface area contributed by atoms with E-state index >= 15 is 0 Å². The quantitative estimate of drug-likeness (QED) is 0.168. The maximum atomic E-state index is 5.76. The standard InChI is InChI=1S/C59H41N5/c1-59(2)48-26-13-9-24-44(48)56-49(59)27-17-31-53(56)63(41-34-32-39(33-35-41)38-18-5-3-6-19-38)58-60-50-28-14-10-25-45(50)57(61-58)64-52-30-16-12-23-43(52)47-36-54-46(37-55(47)64)42-22-11-15-29-51(42)62(54)40-20-7-4-8-21-40/h3-37H,1-2H3. The number of rotatable bonds is 6. The van der Waals surface area contributed by atoms with Crippen LogP contribution in [0.3, 0.4) is 0 Å². The van der Waals surface area contributed by atoms with Gasteiger partial charge in [-0.05, 0) is 94.5 Å². The highest BCUT2D eigenvalue weighted by molar-refractivity contribution is 6.19. The molecule has 3 heterocycles. The van der Waals surface area contributed by atoms with Gasteiger partial charge >= 0.3 is 0 Å². The van der Waals surface area contributed by atoms with E-state index in [0.29, 0.717) is 5.95 Å². The molecule has 0 spiro atoms. The van der Waals surface area contributed by atoms with Crippen LogP contribution in [0.25, 0.3) is 88.3 Å². The van der Waals surface area contributed by atoms with Crippen LogP contribution in [-0.2, 0) is 5.41 Å². The second-order valence-electron chi connectivity index (χ2n) is 17.4. The lowest BCUT2D eigenvalue weighted by atomic mass is 9.82. The second-order valence-corrected chi connectivity index (χ2v) is 17.4. The average Bonchev–Trinajstić information content (AvgIpc) is 3.94. The highest BCUT2D eigenvalue weighted by atomic mass is 15.3. The molecule has 0 saturated carbocycles. The minimum absolute atomic E-state index is 0.182. The molecule has 0 N–H and O–H groups in total. The Bertz CT molecular complexity index is 3800. The van der Waals surface area contributed by atoms with Crippen molar-refractivity contribution in [2.75, 3.05) is 4.90 Å².